The van der Waals surface area contributed by atoms with Gasteiger partial charge in [-0.3, -0.25) is 14.4 Å². The number of amides is 3. The maximum Gasteiger partial charge on any atom is 0.244 e. The summed E-state index contributed by atoms with van der Waals surface area (Å²) in [6.45, 7) is 6.35. The molecule has 2 bridgehead atoms. The number of carbonyl (C=O) groups is 3. The summed E-state index contributed by atoms with van der Waals surface area (Å²) < 4.78 is 4.86. The first-order valence-corrected chi connectivity index (χ1v) is 15.7. The van der Waals surface area contributed by atoms with Gasteiger partial charge in [0.15, 0.2) is 0 Å². The number of fused-ring (bicyclic) bond motifs is 1. The van der Waals surface area contributed by atoms with Crippen LogP contribution in [0.1, 0.15) is 72.1 Å². The number of nitrogens with one attached hydrogen (secondary N) is 2. The Balaban J connectivity index is 1.44. The smallest absolute Gasteiger partial charge is 0.244 e. The maximum absolute atomic E-state index is 14.3. The lowest BCUT2D eigenvalue weighted by atomic mass is 9.70. The zero-order chi connectivity index (χ0) is 27.7. The fourth-order valence-electron chi connectivity index (χ4n) is 7.42. The highest BCUT2D eigenvalue weighted by Crippen LogP contribution is 2.66. The zero-order valence-corrected chi connectivity index (χ0v) is 24.2. The third-order valence-corrected chi connectivity index (χ3v) is 11.5. The SMILES string of the molecule is CCOc1ccc(NC(=O)[C@@H]2[C@@H]3CCC4(S3)C(C(=O)NC3CCCCC3)N([C@@H](CO)[C@@H](C)CC)C(=O)[C@H]24)cc1. The zero-order valence-electron chi connectivity index (χ0n) is 23.4. The van der Waals surface area contributed by atoms with Crippen molar-refractivity contribution in [1.82, 2.24) is 10.2 Å². The van der Waals surface area contributed by atoms with Gasteiger partial charge in [-0.1, -0.05) is 39.5 Å². The molecule has 1 saturated carbocycles. The van der Waals surface area contributed by atoms with Gasteiger partial charge in [0, 0.05) is 17.0 Å². The van der Waals surface area contributed by atoms with Gasteiger partial charge in [-0.2, -0.15) is 0 Å². The Hall–Kier alpha value is -2.26. The minimum Gasteiger partial charge on any atom is -0.494 e. The summed E-state index contributed by atoms with van der Waals surface area (Å²) in [6, 6.07) is 6.25. The molecule has 5 rings (SSSR count). The molecule has 2 unspecified atom stereocenters. The maximum atomic E-state index is 14.3. The van der Waals surface area contributed by atoms with Crippen LogP contribution < -0.4 is 15.4 Å². The number of benzene rings is 1. The van der Waals surface area contributed by atoms with Gasteiger partial charge in [-0.25, -0.2) is 0 Å². The van der Waals surface area contributed by atoms with Gasteiger partial charge in [0.1, 0.15) is 11.8 Å². The quantitative estimate of drug-likeness (QED) is 0.402. The van der Waals surface area contributed by atoms with E-state index >= 15 is 0 Å². The predicted molar refractivity (Wildman–Crippen MR) is 153 cm³/mol. The molecule has 214 valence electrons. The number of hydrogen-bond acceptors (Lipinski definition) is 6. The van der Waals surface area contributed by atoms with Crippen LogP contribution in [0.2, 0.25) is 0 Å². The van der Waals surface area contributed by atoms with Crippen LogP contribution in [0.15, 0.2) is 24.3 Å². The van der Waals surface area contributed by atoms with Gasteiger partial charge in [0.2, 0.25) is 17.7 Å². The number of likely N-dealkylation sites (tertiary alicyclic amines) is 1. The number of carbonyl (C=O) groups excluding carboxylic acids is 3. The second-order valence-corrected chi connectivity index (χ2v) is 13.3. The normalized spacial score (nSPS) is 31.6. The molecule has 0 radical (unpaired) electrons. The summed E-state index contributed by atoms with van der Waals surface area (Å²) in [5, 5.41) is 16.8. The molecule has 3 heterocycles. The third-order valence-electron chi connectivity index (χ3n) is 9.52. The molecular weight excluding hydrogens is 514 g/mol. The van der Waals surface area contributed by atoms with E-state index in [1.807, 2.05) is 45.0 Å². The number of rotatable bonds is 10. The van der Waals surface area contributed by atoms with Crippen molar-refractivity contribution in [3.05, 3.63) is 24.3 Å². The molecule has 4 aliphatic rings. The lowest BCUT2D eigenvalue weighted by molar-refractivity contribution is -0.143. The van der Waals surface area contributed by atoms with Crippen LogP contribution >= 0.6 is 11.8 Å². The van der Waals surface area contributed by atoms with Crippen LogP contribution in [0.5, 0.6) is 5.75 Å². The molecule has 1 aromatic carbocycles. The molecule has 3 N–H and O–H groups in total. The lowest BCUT2D eigenvalue weighted by Crippen LogP contribution is -2.59. The highest BCUT2D eigenvalue weighted by Gasteiger charge is 2.74. The van der Waals surface area contributed by atoms with Crippen molar-refractivity contribution in [1.29, 1.82) is 0 Å². The molecular formula is C30H43N3O5S. The van der Waals surface area contributed by atoms with E-state index in [0.29, 0.717) is 12.3 Å². The number of ether oxygens (including phenoxy) is 1. The second kappa shape index (κ2) is 11.7. The van der Waals surface area contributed by atoms with Crippen LogP contribution in [0.3, 0.4) is 0 Å². The van der Waals surface area contributed by atoms with E-state index in [1.165, 1.54) is 6.42 Å². The number of hydrogen-bond donors (Lipinski definition) is 3. The molecule has 1 aromatic rings. The van der Waals surface area contributed by atoms with E-state index < -0.39 is 28.7 Å². The van der Waals surface area contributed by atoms with E-state index in [1.54, 1.807) is 16.7 Å². The highest BCUT2D eigenvalue weighted by molar-refractivity contribution is 8.02. The van der Waals surface area contributed by atoms with Crippen molar-refractivity contribution >= 4 is 35.2 Å². The lowest BCUT2D eigenvalue weighted by Gasteiger charge is -2.40. The van der Waals surface area contributed by atoms with Gasteiger partial charge in [0.25, 0.3) is 0 Å². The fraction of sp³-hybridized carbons (Fsp3) is 0.700. The van der Waals surface area contributed by atoms with Gasteiger partial charge in [0.05, 0.1) is 35.8 Å². The molecule has 0 aromatic heterocycles. The minimum absolute atomic E-state index is 0.00930. The Bertz CT molecular complexity index is 1060. The molecule has 3 saturated heterocycles. The summed E-state index contributed by atoms with van der Waals surface area (Å²) in [6.07, 6.45) is 7.61. The van der Waals surface area contributed by atoms with Crippen molar-refractivity contribution in [3.8, 4) is 5.75 Å². The molecule has 3 aliphatic heterocycles. The molecule has 39 heavy (non-hydrogen) atoms. The first kappa shape index (κ1) is 28.3. The van der Waals surface area contributed by atoms with Crippen molar-refractivity contribution in [2.45, 2.75) is 100 Å². The molecule has 7 atom stereocenters. The molecule has 9 heteroatoms. The summed E-state index contributed by atoms with van der Waals surface area (Å²) in [4.78, 5) is 43.8. The number of aliphatic hydroxyl groups excluding tert-OH is 1. The van der Waals surface area contributed by atoms with Gasteiger partial charge in [-0.05, 0) is 62.8 Å². The summed E-state index contributed by atoms with van der Waals surface area (Å²) >= 11 is 1.67. The molecule has 1 spiro atoms. The summed E-state index contributed by atoms with van der Waals surface area (Å²) in [7, 11) is 0. The number of nitrogens with zero attached hydrogens (tertiary/aromatic N) is 1. The van der Waals surface area contributed by atoms with Crippen molar-refractivity contribution in [3.63, 3.8) is 0 Å². The molecule has 3 amide bonds. The monoisotopic (exact) mass is 557 g/mol. The van der Waals surface area contributed by atoms with E-state index in [4.69, 9.17) is 4.74 Å². The Morgan fingerprint density at radius 3 is 2.49 bits per heavy atom. The highest BCUT2D eigenvalue weighted by atomic mass is 32.2. The topological polar surface area (TPSA) is 108 Å². The Morgan fingerprint density at radius 2 is 1.85 bits per heavy atom. The number of aliphatic hydroxyl groups is 1. The molecule has 4 fully saturated rings. The Kier molecular flexibility index (Phi) is 8.48. The van der Waals surface area contributed by atoms with E-state index in [0.717, 1.165) is 50.7 Å². The van der Waals surface area contributed by atoms with E-state index in [-0.39, 0.29) is 41.5 Å². The third kappa shape index (κ3) is 5.05. The van der Waals surface area contributed by atoms with Gasteiger partial charge < -0.3 is 25.4 Å². The summed E-state index contributed by atoms with van der Waals surface area (Å²) in [5.74, 6) is -0.775. The minimum atomic E-state index is -0.679. The average Bonchev–Trinajstić information content (AvgIpc) is 3.58. The Labute approximate surface area is 236 Å². The van der Waals surface area contributed by atoms with Crippen LogP contribution in [0.4, 0.5) is 5.69 Å². The van der Waals surface area contributed by atoms with Crippen LogP contribution in [0, 0.1) is 17.8 Å². The Morgan fingerprint density at radius 1 is 1.13 bits per heavy atom. The molecule has 1 aliphatic carbocycles. The van der Waals surface area contributed by atoms with Gasteiger partial charge >= 0.3 is 0 Å². The number of anilines is 1. The van der Waals surface area contributed by atoms with Crippen LogP contribution in [-0.4, -0.2) is 69.1 Å². The predicted octanol–water partition coefficient (Wildman–Crippen LogP) is 3.97. The van der Waals surface area contributed by atoms with Crippen molar-refractivity contribution < 1.29 is 24.2 Å². The standard InChI is InChI=1S/C30H43N3O5S/c1-4-18(3)22(17-34)33-26(28(36)32-19-9-7-6-8-10-19)30-16-15-23(39-30)24(25(30)29(33)37)27(35)31-20-11-13-21(14-12-20)38-5-2/h11-14,18-19,22-26,34H,4-10,15-17H2,1-3H3,(H,31,35)(H,32,36)/t18-,22-,23-,24+,25-,26?,30?/m0/s1. The van der Waals surface area contributed by atoms with E-state index in [9.17, 15) is 19.5 Å². The van der Waals surface area contributed by atoms with Crippen molar-refractivity contribution in [2.75, 3.05) is 18.5 Å². The van der Waals surface area contributed by atoms with E-state index in [2.05, 4.69) is 10.6 Å². The van der Waals surface area contributed by atoms with Crippen molar-refractivity contribution in [2.24, 2.45) is 17.8 Å². The first-order chi connectivity index (χ1) is 18.8. The summed E-state index contributed by atoms with van der Waals surface area (Å²) in [5.41, 5.74) is 0.659. The second-order valence-electron chi connectivity index (χ2n) is 11.7. The van der Waals surface area contributed by atoms with Gasteiger partial charge in [-0.15, -0.1) is 11.8 Å². The molecule has 8 nitrogen and oxygen atoms in total. The largest absolute Gasteiger partial charge is 0.494 e. The van der Waals surface area contributed by atoms with Crippen LogP contribution in [-0.2, 0) is 14.4 Å². The average molecular weight is 558 g/mol. The first-order valence-electron chi connectivity index (χ1n) is 14.8. The van der Waals surface area contributed by atoms with Crippen LogP contribution in [0.25, 0.3) is 0 Å². The number of thioether (sulfide) groups is 1. The fourth-order valence-corrected chi connectivity index (χ4v) is 9.62.